The second-order valence-corrected chi connectivity index (χ2v) is 2.20. The maximum absolute atomic E-state index is 3.76. The molecule has 0 aliphatic heterocycles. The van der Waals surface area contributed by atoms with E-state index in [4.69, 9.17) is 0 Å². The number of aromatic nitrogens is 2. The molecule has 1 heterocycles. The van der Waals surface area contributed by atoms with Gasteiger partial charge in [-0.25, -0.2) is 0 Å². The largest absolute Gasteiger partial charge is 0.158 e. The molecule has 12 heavy (non-hydrogen) atoms. The first kappa shape index (κ1) is 8.40. The minimum absolute atomic E-state index is 1.000. The van der Waals surface area contributed by atoms with Crippen LogP contribution in [-0.4, -0.2) is 10.2 Å². The van der Waals surface area contributed by atoms with Gasteiger partial charge in [0.2, 0.25) is 0 Å². The summed E-state index contributed by atoms with van der Waals surface area (Å²) in [6.45, 7) is 7.23. The normalized spacial score (nSPS) is 13.0. The van der Waals surface area contributed by atoms with Crippen LogP contribution in [0.15, 0.2) is 37.7 Å². The standard InChI is InChI=1S/C10H10N2/c1-3-5-9-7-11-12-8-10(9)6-4-2/h3-8H,1-2H2/b9-5-,10-6-. The lowest BCUT2D eigenvalue weighted by atomic mass is 10.3. The molecule has 1 rings (SSSR count). The molecule has 0 atom stereocenters. The SMILES string of the molecule is C=C/C=c1/cnnc/c1=C/C=C. The Balaban J connectivity index is 3.47. The van der Waals surface area contributed by atoms with Gasteiger partial charge < -0.3 is 0 Å². The van der Waals surface area contributed by atoms with Crippen molar-refractivity contribution in [1.29, 1.82) is 0 Å². The Hall–Kier alpha value is -1.70. The Morgan fingerprint density at radius 3 is 1.67 bits per heavy atom. The summed E-state index contributed by atoms with van der Waals surface area (Å²) in [4.78, 5) is 0. The van der Waals surface area contributed by atoms with Crippen LogP contribution in [0, 0.1) is 0 Å². The molecule has 0 fully saturated rings. The van der Waals surface area contributed by atoms with Crippen molar-refractivity contribution < 1.29 is 0 Å². The molecule has 0 saturated carbocycles. The minimum atomic E-state index is 1.000. The highest BCUT2D eigenvalue weighted by Gasteiger charge is 1.81. The minimum Gasteiger partial charge on any atom is -0.158 e. The highest BCUT2D eigenvalue weighted by Crippen LogP contribution is 1.66. The Bertz CT molecular complexity index is 352. The van der Waals surface area contributed by atoms with E-state index in [1.807, 2.05) is 12.2 Å². The molecule has 0 aliphatic carbocycles. The van der Waals surface area contributed by atoms with Crippen molar-refractivity contribution in [2.45, 2.75) is 0 Å². The predicted octanol–water partition coefficient (Wildman–Crippen LogP) is 0.410. The van der Waals surface area contributed by atoms with Gasteiger partial charge in [0.15, 0.2) is 0 Å². The smallest absolute Gasteiger partial charge is 0.0574 e. The van der Waals surface area contributed by atoms with E-state index in [2.05, 4.69) is 23.4 Å². The van der Waals surface area contributed by atoms with Crippen LogP contribution in [0.2, 0.25) is 0 Å². The molecule has 0 radical (unpaired) electrons. The van der Waals surface area contributed by atoms with E-state index in [-0.39, 0.29) is 0 Å². The summed E-state index contributed by atoms with van der Waals surface area (Å²) in [7, 11) is 0. The summed E-state index contributed by atoms with van der Waals surface area (Å²) in [5.74, 6) is 0. The average molecular weight is 158 g/mol. The molecular weight excluding hydrogens is 148 g/mol. The summed E-state index contributed by atoms with van der Waals surface area (Å²) in [5.41, 5.74) is 0. The molecule has 0 aromatic carbocycles. The fourth-order valence-corrected chi connectivity index (χ4v) is 0.873. The molecule has 0 saturated heterocycles. The van der Waals surface area contributed by atoms with E-state index < -0.39 is 0 Å². The van der Waals surface area contributed by atoms with Gasteiger partial charge >= 0.3 is 0 Å². The van der Waals surface area contributed by atoms with Crippen LogP contribution in [0.25, 0.3) is 12.2 Å². The molecule has 2 heteroatoms. The van der Waals surface area contributed by atoms with Gasteiger partial charge in [-0.1, -0.05) is 37.5 Å². The molecule has 0 aliphatic rings. The first-order valence-corrected chi connectivity index (χ1v) is 3.60. The zero-order chi connectivity index (χ0) is 8.81. The van der Waals surface area contributed by atoms with Gasteiger partial charge in [-0.2, -0.15) is 10.2 Å². The highest BCUT2D eigenvalue weighted by molar-refractivity contribution is 5.40. The topological polar surface area (TPSA) is 25.8 Å². The quantitative estimate of drug-likeness (QED) is 0.623. The lowest BCUT2D eigenvalue weighted by Crippen LogP contribution is -2.25. The zero-order valence-corrected chi connectivity index (χ0v) is 6.77. The van der Waals surface area contributed by atoms with Gasteiger partial charge in [0.05, 0.1) is 12.4 Å². The van der Waals surface area contributed by atoms with Crippen LogP contribution < -0.4 is 10.4 Å². The summed E-state index contributed by atoms with van der Waals surface area (Å²) >= 11 is 0. The molecule has 2 nitrogen and oxygen atoms in total. The Labute approximate surface area is 71.3 Å². The fraction of sp³-hybridized carbons (Fsp3) is 0. The van der Waals surface area contributed by atoms with E-state index in [0.29, 0.717) is 0 Å². The molecule has 0 N–H and O–H groups in total. The number of nitrogens with zero attached hydrogens (tertiary/aromatic N) is 2. The van der Waals surface area contributed by atoms with E-state index >= 15 is 0 Å². The van der Waals surface area contributed by atoms with Crippen LogP contribution in [0.1, 0.15) is 0 Å². The van der Waals surface area contributed by atoms with Gasteiger partial charge in [0, 0.05) is 10.4 Å². The number of allylic oxidation sites excluding steroid dienone is 2. The van der Waals surface area contributed by atoms with Gasteiger partial charge in [-0.3, -0.25) is 0 Å². The third-order valence-electron chi connectivity index (χ3n) is 1.39. The maximum Gasteiger partial charge on any atom is 0.0574 e. The predicted molar refractivity (Wildman–Crippen MR) is 50.6 cm³/mol. The summed E-state index contributed by atoms with van der Waals surface area (Å²) in [6, 6.07) is 0. The number of rotatable bonds is 2. The first-order chi connectivity index (χ1) is 5.88. The van der Waals surface area contributed by atoms with Crippen molar-refractivity contribution in [3.05, 3.63) is 48.1 Å². The monoisotopic (exact) mass is 158 g/mol. The highest BCUT2D eigenvalue weighted by atomic mass is 15.1. The second kappa shape index (κ2) is 4.23. The molecule has 0 amide bonds. The molecule has 0 unspecified atom stereocenters. The number of hydrogen-bond acceptors (Lipinski definition) is 2. The molecule has 1 aromatic heterocycles. The van der Waals surface area contributed by atoms with Crippen molar-refractivity contribution in [2.24, 2.45) is 0 Å². The Kier molecular flexibility index (Phi) is 2.96. The zero-order valence-electron chi connectivity index (χ0n) is 6.77. The third-order valence-corrected chi connectivity index (χ3v) is 1.39. The molecule has 60 valence electrons. The molecular formula is C10H10N2. The lowest BCUT2D eigenvalue weighted by molar-refractivity contribution is 1.01. The van der Waals surface area contributed by atoms with Gasteiger partial charge in [0.1, 0.15) is 0 Å². The van der Waals surface area contributed by atoms with Crippen molar-refractivity contribution in [3.8, 4) is 0 Å². The van der Waals surface area contributed by atoms with E-state index in [0.717, 1.165) is 10.4 Å². The van der Waals surface area contributed by atoms with Crippen LogP contribution in [0.4, 0.5) is 0 Å². The second-order valence-electron chi connectivity index (χ2n) is 2.20. The van der Waals surface area contributed by atoms with E-state index in [9.17, 15) is 0 Å². The average Bonchev–Trinajstić information content (AvgIpc) is 2.09. The Morgan fingerprint density at radius 2 is 1.33 bits per heavy atom. The lowest BCUT2D eigenvalue weighted by Gasteiger charge is -1.84. The van der Waals surface area contributed by atoms with Gasteiger partial charge in [0.25, 0.3) is 0 Å². The first-order valence-electron chi connectivity index (χ1n) is 3.60. The molecule has 1 aromatic rings. The van der Waals surface area contributed by atoms with Crippen LogP contribution in [-0.2, 0) is 0 Å². The van der Waals surface area contributed by atoms with E-state index in [1.165, 1.54) is 0 Å². The summed E-state index contributed by atoms with van der Waals surface area (Å²) < 4.78 is 0. The van der Waals surface area contributed by atoms with Gasteiger partial charge in [-0.15, -0.1) is 0 Å². The third kappa shape index (κ3) is 1.89. The maximum atomic E-state index is 3.76. The number of hydrogen-bond donors (Lipinski definition) is 0. The van der Waals surface area contributed by atoms with Crippen molar-refractivity contribution in [3.63, 3.8) is 0 Å². The molecule has 0 spiro atoms. The van der Waals surface area contributed by atoms with E-state index in [1.54, 1.807) is 24.5 Å². The van der Waals surface area contributed by atoms with Crippen molar-refractivity contribution in [2.75, 3.05) is 0 Å². The Morgan fingerprint density at radius 1 is 0.917 bits per heavy atom. The summed E-state index contributed by atoms with van der Waals surface area (Å²) in [6.07, 6.45) is 10.6. The van der Waals surface area contributed by atoms with Crippen molar-refractivity contribution in [1.82, 2.24) is 10.2 Å². The van der Waals surface area contributed by atoms with Crippen LogP contribution >= 0.6 is 0 Å². The summed E-state index contributed by atoms with van der Waals surface area (Å²) in [5, 5.41) is 9.53. The van der Waals surface area contributed by atoms with Crippen LogP contribution in [0.3, 0.4) is 0 Å². The molecule has 0 bridgehead atoms. The van der Waals surface area contributed by atoms with Crippen LogP contribution in [0.5, 0.6) is 0 Å². The van der Waals surface area contributed by atoms with Gasteiger partial charge in [-0.05, 0) is 0 Å². The fourth-order valence-electron chi connectivity index (χ4n) is 0.873. The van der Waals surface area contributed by atoms with Crippen molar-refractivity contribution >= 4 is 12.2 Å².